The summed E-state index contributed by atoms with van der Waals surface area (Å²) in [5.41, 5.74) is 0.0347. The molecule has 0 aliphatic heterocycles. The van der Waals surface area contributed by atoms with Crippen molar-refractivity contribution in [3.05, 3.63) is 28.0 Å². The number of thiophene rings is 1. The van der Waals surface area contributed by atoms with E-state index in [4.69, 9.17) is 5.26 Å². The van der Waals surface area contributed by atoms with Gasteiger partial charge in [-0.05, 0) is 17.5 Å². The Labute approximate surface area is 68.4 Å². The monoisotopic (exact) mass is 162 g/mol. The van der Waals surface area contributed by atoms with Crippen molar-refractivity contribution in [2.75, 3.05) is 0 Å². The Hall–Kier alpha value is -1.40. The quantitative estimate of drug-likeness (QED) is 0.491. The highest BCUT2D eigenvalue weighted by Crippen LogP contribution is 2.11. The second-order valence-electron chi connectivity index (χ2n) is 1.79. The lowest BCUT2D eigenvalue weighted by atomic mass is 10.3. The second kappa shape index (κ2) is 3.69. The van der Waals surface area contributed by atoms with Crippen LogP contribution in [-0.2, 0) is 4.79 Å². The molecule has 2 nitrogen and oxygen atoms in total. The first-order valence-electron chi connectivity index (χ1n) is 2.90. The Kier molecular flexibility index (Phi) is 2.59. The smallest absolute Gasteiger partial charge is 0.244 e. The van der Waals surface area contributed by atoms with Crippen molar-refractivity contribution in [1.29, 1.82) is 5.26 Å². The molecule has 0 spiro atoms. The summed E-state index contributed by atoms with van der Waals surface area (Å²) in [7, 11) is 0. The van der Waals surface area contributed by atoms with Crippen LogP contribution in [0.4, 0.5) is 0 Å². The van der Waals surface area contributed by atoms with E-state index >= 15 is 0 Å². The molecule has 0 aromatic carbocycles. The maximum absolute atomic E-state index is 10.1. The molecule has 1 rings (SSSR count). The van der Waals surface area contributed by atoms with Gasteiger partial charge in [0.15, 0.2) is 0 Å². The third-order valence-corrected chi connectivity index (χ3v) is 1.88. The minimum absolute atomic E-state index is 0.0347. The van der Waals surface area contributed by atoms with Crippen molar-refractivity contribution in [3.8, 4) is 6.07 Å². The average molecular weight is 162 g/mol. The summed E-state index contributed by atoms with van der Waals surface area (Å²) in [6, 6.07) is 5.42. The molecule has 0 atom stereocenters. The molecule has 0 N–H and O–H groups in total. The van der Waals surface area contributed by atoms with E-state index in [1.54, 1.807) is 12.4 Å². The average Bonchev–Trinajstić information content (AvgIpc) is 2.52. The van der Waals surface area contributed by atoms with Gasteiger partial charge in [-0.15, -0.1) is 11.3 Å². The van der Waals surface area contributed by atoms with E-state index in [0.717, 1.165) is 4.88 Å². The largest absolute Gasteiger partial charge is 0.284 e. The molecule has 0 bridgehead atoms. The first kappa shape index (κ1) is 7.70. The third-order valence-electron chi connectivity index (χ3n) is 1.06. The number of carbonyl (C=O) groups excluding carboxylic acids is 1. The SMILES string of the molecule is N#C/C([C]=O)=C\c1cccs1. The van der Waals surface area contributed by atoms with Crippen LogP contribution in [0.2, 0.25) is 0 Å². The van der Waals surface area contributed by atoms with Gasteiger partial charge in [-0.1, -0.05) is 6.07 Å². The van der Waals surface area contributed by atoms with E-state index in [1.807, 2.05) is 17.5 Å². The molecule has 1 aromatic rings. The summed E-state index contributed by atoms with van der Waals surface area (Å²) in [5, 5.41) is 10.2. The van der Waals surface area contributed by atoms with E-state index in [0.29, 0.717) is 0 Å². The fourth-order valence-electron chi connectivity index (χ4n) is 0.600. The molecule has 0 saturated carbocycles. The van der Waals surface area contributed by atoms with Crippen molar-refractivity contribution >= 4 is 23.7 Å². The van der Waals surface area contributed by atoms with Crippen LogP contribution < -0.4 is 0 Å². The molecule has 0 aliphatic carbocycles. The molecular formula is C8H4NOS. The molecule has 1 radical (unpaired) electrons. The predicted molar refractivity (Wildman–Crippen MR) is 43.6 cm³/mol. The molecule has 11 heavy (non-hydrogen) atoms. The molecule has 1 aromatic heterocycles. The summed E-state index contributed by atoms with van der Waals surface area (Å²) in [5.74, 6) is 0. The summed E-state index contributed by atoms with van der Waals surface area (Å²) >= 11 is 1.48. The van der Waals surface area contributed by atoms with Crippen LogP contribution in [0.3, 0.4) is 0 Å². The van der Waals surface area contributed by atoms with Gasteiger partial charge in [-0.3, -0.25) is 4.79 Å². The molecule has 3 heteroatoms. The maximum Gasteiger partial charge on any atom is 0.244 e. The Morgan fingerprint density at radius 1 is 1.73 bits per heavy atom. The number of hydrogen-bond donors (Lipinski definition) is 0. The molecule has 0 amide bonds. The van der Waals surface area contributed by atoms with Gasteiger partial charge in [0.25, 0.3) is 0 Å². The zero-order valence-corrected chi connectivity index (χ0v) is 6.39. The summed E-state index contributed by atoms with van der Waals surface area (Å²) < 4.78 is 0. The first-order chi connectivity index (χ1) is 5.36. The Morgan fingerprint density at radius 2 is 2.55 bits per heavy atom. The predicted octanol–water partition coefficient (Wildman–Crippen LogP) is 1.76. The minimum Gasteiger partial charge on any atom is -0.284 e. The molecule has 0 aliphatic rings. The van der Waals surface area contributed by atoms with Crippen molar-refractivity contribution in [2.24, 2.45) is 0 Å². The minimum atomic E-state index is 0.0347. The van der Waals surface area contributed by atoms with Crippen molar-refractivity contribution in [2.45, 2.75) is 0 Å². The molecule has 0 saturated heterocycles. The second-order valence-corrected chi connectivity index (χ2v) is 2.77. The highest BCUT2D eigenvalue weighted by Gasteiger charge is 1.94. The van der Waals surface area contributed by atoms with Crippen LogP contribution in [0.25, 0.3) is 6.08 Å². The van der Waals surface area contributed by atoms with E-state index < -0.39 is 0 Å². The molecule has 0 fully saturated rings. The van der Waals surface area contributed by atoms with Gasteiger partial charge in [-0.2, -0.15) is 5.26 Å². The number of nitriles is 1. The van der Waals surface area contributed by atoms with Crippen molar-refractivity contribution in [3.63, 3.8) is 0 Å². The van der Waals surface area contributed by atoms with Crippen LogP contribution in [0.5, 0.6) is 0 Å². The number of hydrogen-bond acceptors (Lipinski definition) is 3. The van der Waals surface area contributed by atoms with Gasteiger partial charge in [0.2, 0.25) is 6.29 Å². The Morgan fingerprint density at radius 3 is 3.00 bits per heavy atom. The number of allylic oxidation sites excluding steroid dienone is 1. The molecule has 0 unspecified atom stereocenters. The van der Waals surface area contributed by atoms with Crippen LogP contribution in [-0.4, -0.2) is 6.29 Å². The fraction of sp³-hybridized carbons (Fsp3) is 0. The molecular weight excluding hydrogens is 158 g/mol. The van der Waals surface area contributed by atoms with E-state index in [2.05, 4.69) is 0 Å². The van der Waals surface area contributed by atoms with Crippen LogP contribution in [0, 0.1) is 11.3 Å². The van der Waals surface area contributed by atoms with E-state index in [1.165, 1.54) is 17.4 Å². The molecule has 1 heterocycles. The standard InChI is InChI=1S/C8H4NOS/c9-5-7(6-10)4-8-2-1-3-11-8/h1-4H/b7-4+. The Bertz CT molecular complexity index is 305. The Balaban J connectivity index is 2.90. The van der Waals surface area contributed by atoms with E-state index in [-0.39, 0.29) is 5.57 Å². The number of rotatable bonds is 2. The first-order valence-corrected chi connectivity index (χ1v) is 3.78. The lowest BCUT2D eigenvalue weighted by molar-refractivity contribution is 0.563. The normalized spacial score (nSPS) is 10.6. The van der Waals surface area contributed by atoms with Gasteiger partial charge in [0.1, 0.15) is 11.6 Å². The van der Waals surface area contributed by atoms with Crippen LogP contribution in [0.1, 0.15) is 4.88 Å². The van der Waals surface area contributed by atoms with Crippen LogP contribution in [0.15, 0.2) is 23.1 Å². The van der Waals surface area contributed by atoms with Crippen molar-refractivity contribution < 1.29 is 4.79 Å². The van der Waals surface area contributed by atoms with Gasteiger partial charge >= 0.3 is 0 Å². The van der Waals surface area contributed by atoms with Gasteiger partial charge < -0.3 is 0 Å². The summed E-state index contributed by atoms with van der Waals surface area (Å²) in [6.45, 7) is 0. The van der Waals surface area contributed by atoms with Gasteiger partial charge in [0, 0.05) is 4.88 Å². The highest BCUT2D eigenvalue weighted by molar-refractivity contribution is 7.10. The zero-order chi connectivity index (χ0) is 8.10. The van der Waals surface area contributed by atoms with Crippen LogP contribution >= 0.6 is 11.3 Å². The van der Waals surface area contributed by atoms with Gasteiger partial charge in [0.05, 0.1) is 0 Å². The summed E-state index contributed by atoms with van der Waals surface area (Å²) in [6.07, 6.45) is 3.06. The van der Waals surface area contributed by atoms with E-state index in [9.17, 15) is 4.79 Å². The highest BCUT2D eigenvalue weighted by atomic mass is 32.1. The lowest BCUT2D eigenvalue weighted by Crippen LogP contribution is -1.76. The molecule has 53 valence electrons. The number of nitrogens with zero attached hydrogens (tertiary/aromatic N) is 1. The maximum atomic E-state index is 10.1. The van der Waals surface area contributed by atoms with Crippen molar-refractivity contribution in [1.82, 2.24) is 0 Å². The topological polar surface area (TPSA) is 40.9 Å². The lowest BCUT2D eigenvalue weighted by Gasteiger charge is -1.80. The fourth-order valence-corrected chi connectivity index (χ4v) is 1.26. The van der Waals surface area contributed by atoms with Gasteiger partial charge in [-0.25, -0.2) is 0 Å². The zero-order valence-electron chi connectivity index (χ0n) is 5.57. The third kappa shape index (κ3) is 2.03. The summed E-state index contributed by atoms with van der Waals surface area (Å²) in [4.78, 5) is 10.9.